The van der Waals surface area contributed by atoms with Crippen LogP contribution in [-0.4, -0.2) is 200 Å². The maximum Gasteiger partial charge on any atom is 0.410 e. The van der Waals surface area contributed by atoms with E-state index in [1.807, 2.05) is 75.4 Å². The first-order chi connectivity index (χ1) is 57.5. The monoisotopic (exact) mass is 1580 g/mol. The third kappa shape index (κ3) is 18.3. The quantitative estimate of drug-likeness (QED) is 0.0699. The molecule has 24 nitrogen and oxygen atoms in total. The summed E-state index contributed by atoms with van der Waals surface area (Å²) in [6.07, 6.45) is 4.67. The number of nitrogens with zero attached hydrogens (tertiary/aromatic N) is 10. The molecule has 118 heavy (non-hydrogen) atoms. The van der Waals surface area contributed by atoms with Gasteiger partial charge >= 0.3 is 6.09 Å². The summed E-state index contributed by atoms with van der Waals surface area (Å²) in [5.41, 5.74) is 19.3. The van der Waals surface area contributed by atoms with E-state index in [2.05, 4.69) is 173 Å². The number of likely N-dealkylation sites (tertiary alicyclic amines) is 2. The largest absolute Gasteiger partial charge is 0.487 e. The second kappa shape index (κ2) is 35.8. The number of rotatable bonds is 16. The predicted molar refractivity (Wildman–Crippen MR) is 455 cm³/mol. The summed E-state index contributed by atoms with van der Waals surface area (Å²) in [5.74, 6) is 1.26. The third-order valence-electron chi connectivity index (χ3n) is 22.3. The molecule has 5 aromatic heterocycles. The molecule has 4 N–H and O–H groups in total. The topological polar surface area (TPSA) is 289 Å². The molecule has 1 unspecified atom stereocenters. The van der Waals surface area contributed by atoms with Gasteiger partial charge in [-0.25, -0.2) is 9.78 Å². The summed E-state index contributed by atoms with van der Waals surface area (Å²) in [5, 5.41) is 42.4. The smallest absolute Gasteiger partial charge is 0.410 e. The minimum absolute atomic E-state index is 0.0491. The van der Waals surface area contributed by atoms with Gasteiger partial charge in [0.1, 0.15) is 65.4 Å². The highest BCUT2D eigenvalue weighted by molar-refractivity contribution is 6.00. The highest BCUT2D eigenvalue weighted by atomic mass is 16.6. The molecular weight excluding hydrogens is 1490 g/mol. The Morgan fingerprint density at radius 3 is 1.35 bits per heavy atom. The van der Waals surface area contributed by atoms with Crippen LogP contribution < -0.4 is 28.9 Å². The molecule has 12 aromatic rings. The van der Waals surface area contributed by atoms with Crippen LogP contribution in [0.1, 0.15) is 70.1 Å². The summed E-state index contributed by atoms with van der Waals surface area (Å²) < 4.78 is 45.7. The van der Waals surface area contributed by atoms with Crippen molar-refractivity contribution in [2.45, 2.75) is 83.4 Å². The molecule has 0 bridgehead atoms. The fraction of sp³-hybridized carbons (Fsp3) is 0.330. The first-order valence-electron chi connectivity index (χ1n) is 40.6. The van der Waals surface area contributed by atoms with Crippen molar-refractivity contribution in [1.29, 1.82) is 15.8 Å². The van der Waals surface area contributed by atoms with Gasteiger partial charge in [0, 0.05) is 151 Å². The van der Waals surface area contributed by atoms with Crippen LogP contribution in [0.25, 0.3) is 100 Å². The lowest BCUT2D eigenvalue weighted by Gasteiger charge is -2.28. The van der Waals surface area contributed by atoms with Crippen molar-refractivity contribution in [3.8, 4) is 103 Å². The van der Waals surface area contributed by atoms with Crippen molar-refractivity contribution >= 4 is 61.9 Å². The van der Waals surface area contributed by atoms with E-state index in [1.165, 1.54) is 24.0 Å². The van der Waals surface area contributed by atoms with Gasteiger partial charge in [-0.3, -0.25) is 9.78 Å². The molecule has 24 heteroatoms. The lowest BCUT2D eigenvalue weighted by Crippen LogP contribution is -2.37. The number of aliphatic hydroxyl groups is 1. The second-order valence-corrected chi connectivity index (χ2v) is 31.3. The lowest BCUT2D eigenvalue weighted by molar-refractivity contribution is -0.138. The average molecular weight is 1580 g/mol. The number of nitriles is 3. The van der Waals surface area contributed by atoms with Crippen LogP contribution in [0.3, 0.4) is 0 Å². The number of carbonyl (C=O) groups excluding carboxylic acids is 2. The molecule has 18 rings (SSSR count). The number of morpholine rings is 3. The maximum absolute atomic E-state index is 12.5. The van der Waals surface area contributed by atoms with E-state index in [-0.39, 0.29) is 30.3 Å². The minimum atomic E-state index is -1.03. The molecule has 7 aromatic carbocycles. The number of amides is 2. The van der Waals surface area contributed by atoms with Crippen LogP contribution in [0.2, 0.25) is 0 Å². The lowest BCUT2D eigenvalue weighted by atomic mass is 9.99. The zero-order valence-corrected chi connectivity index (χ0v) is 66.8. The predicted octanol–water partition coefficient (Wildman–Crippen LogP) is 15.7. The van der Waals surface area contributed by atoms with Crippen molar-refractivity contribution < 1.29 is 52.6 Å². The van der Waals surface area contributed by atoms with E-state index in [0.717, 1.165) is 186 Å². The molecule has 6 saturated heterocycles. The van der Waals surface area contributed by atoms with E-state index in [0.29, 0.717) is 91.9 Å². The van der Waals surface area contributed by atoms with Crippen LogP contribution in [0.15, 0.2) is 188 Å². The molecule has 0 radical (unpaired) electrons. The summed E-state index contributed by atoms with van der Waals surface area (Å²) in [4.78, 5) is 54.6. The highest BCUT2D eigenvalue weighted by Crippen LogP contribution is 2.40. The van der Waals surface area contributed by atoms with Crippen molar-refractivity contribution in [2.24, 2.45) is 0 Å². The van der Waals surface area contributed by atoms with Gasteiger partial charge in [-0.15, -0.1) is 0 Å². The summed E-state index contributed by atoms with van der Waals surface area (Å²) in [6.45, 7) is 20.4. The SMILES string of the molecule is CC(C)(C)OC(=O)N1CC[C@H](Oc2ccc(-c3cccc4[nH]c(-c5ccc(N6CCOCC6)cc5)cc34)cc2C#N)C1.CC(O)C(=O)N1CC[C@@H](Oc2ccc(-c3cccc4[nH]c(-c5ccc(N6CCOCC6)cc5)cc34)cc2C#N)C1.N#Cc1cc(-c2ccnc3[nH]c(-c4ccc(N5CCOCC5)cc4)cc23)ncc1OC1CCOCC1. The number of carbonyl (C=O) groups is 2. The fourth-order valence-electron chi connectivity index (χ4n) is 16.0. The molecule has 6 aliphatic heterocycles. The van der Waals surface area contributed by atoms with Gasteiger partial charge in [-0.1, -0.05) is 72.8 Å². The normalized spacial score (nSPS) is 17.4. The van der Waals surface area contributed by atoms with Gasteiger partial charge in [0.05, 0.1) is 94.5 Å². The first kappa shape index (κ1) is 79.1. The molecule has 0 saturated carbocycles. The van der Waals surface area contributed by atoms with E-state index in [9.17, 15) is 30.5 Å². The number of pyridine rings is 2. The standard InChI is InChI=1S/C34H36N4O4.C32H32N4O4.C28H27N5O3/c1-34(2,3)42-33(39)38-14-13-27(22-38)41-32-12-9-24(19-25(32)21-35)28-5-4-6-30-29(28)20-31(36-30)23-7-10-26(11-8-23)37-15-17-40-18-16-37;1-21(37)32(38)36-12-11-26(20-36)40-31-10-7-23(17-24(31)19-33)27-3-2-4-29-28(27)18-30(34-29)22-5-8-25(9-6-22)35-13-15-39-16-14-35;29-17-20-15-26(31-18-27(20)36-22-6-11-34-12-7-22)23-5-8-30-28-24(23)16-25(32-28)19-1-3-21(4-2-19)33-9-13-35-14-10-33/h4-12,19-20,27,36H,13-18,22H2,1-3H3;2-10,17-18,21,26,34,37H,11-16,20H2,1H3;1-5,8,15-16,18,22H,6-7,9-14H2,(H,30,32)/t27-;21?,26-;/m01./s1. The van der Waals surface area contributed by atoms with Crippen LogP contribution in [0.4, 0.5) is 21.9 Å². The van der Waals surface area contributed by atoms with E-state index in [4.69, 9.17) is 37.9 Å². The number of nitrogens with one attached hydrogen (secondary N) is 3. The number of aliphatic hydroxyl groups excluding tert-OH is 1. The minimum Gasteiger partial charge on any atom is -0.487 e. The Balaban J connectivity index is 0.000000133. The van der Waals surface area contributed by atoms with Crippen molar-refractivity contribution in [3.63, 3.8) is 0 Å². The molecule has 11 heterocycles. The van der Waals surface area contributed by atoms with E-state index in [1.54, 1.807) is 28.3 Å². The Morgan fingerprint density at radius 1 is 0.458 bits per heavy atom. The summed E-state index contributed by atoms with van der Waals surface area (Å²) >= 11 is 0. The fourth-order valence-corrected chi connectivity index (χ4v) is 16.0. The number of ether oxygens (including phenoxy) is 8. The number of fused-ring (bicyclic) bond motifs is 3. The maximum atomic E-state index is 12.5. The number of hydrogen-bond donors (Lipinski definition) is 4. The number of benzene rings is 7. The molecule has 602 valence electrons. The van der Waals surface area contributed by atoms with Gasteiger partial charge < -0.3 is 82.5 Å². The van der Waals surface area contributed by atoms with Crippen LogP contribution in [0.5, 0.6) is 17.2 Å². The Hall–Kier alpha value is -12.7. The number of H-pyrrole nitrogens is 3. The van der Waals surface area contributed by atoms with Crippen LogP contribution >= 0.6 is 0 Å². The molecule has 6 aliphatic rings. The number of hydrogen-bond acceptors (Lipinski definition) is 19. The van der Waals surface area contributed by atoms with Crippen molar-refractivity contribution in [1.82, 2.24) is 34.7 Å². The van der Waals surface area contributed by atoms with Crippen LogP contribution in [0, 0.1) is 34.0 Å². The molecule has 2 amide bonds. The Kier molecular flexibility index (Phi) is 24.0. The second-order valence-electron chi connectivity index (χ2n) is 31.3. The molecule has 0 aliphatic carbocycles. The van der Waals surface area contributed by atoms with Gasteiger partial charge in [-0.05, 0) is 170 Å². The van der Waals surface area contributed by atoms with E-state index < -0.39 is 11.7 Å². The highest BCUT2D eigenvalue weighted by Gasteiger charge is 2.33. The van der Waals surface area contributed by atoms with Crippen molar-refractivity contribution in [3.05, 3.63) is 205 Å². The third-order valence-corrected chi connectivity index (χ3v) is 22.3. The summed E-state index contributed by atoms with van der Waals surface area (Å²) in [7, 11) is 0. The first-order valence-corrected chi connectivity index (χ1v) is 40.6. The molecular formula is C94H95N13O11. The Morgan fingerprint density at radius 2 is 0.881 bits per heavy atom. The Labute approximate surface area is 685 Å². The summed E-state index contributed by atoms with van der Waals surface area (Å²) in [6, 6.07) is 66.6. The number of aromatic amines is 3. The molecule has 0 spiro atoms. The Bertz CT molecular complexity index is 5690. The van der Waals surface area contributed by atoms with Gasteiger partial charge in [0.25, 0.3) is 5.91 Å². The van der Waals surface area contributed by atoms with Gasteiger partial charge in [0.15, 0.2) is 5.75 Å². The zero-order chi connectivity index (χ0) is 81.2. The van der Waals surface area contributed by atoms with Gasteiger partial charge in [-0.2, -0.15) is 15.8 Å². The zero-order valence-electron chi connectivity index (χ0n) is 66.8. The average Bonchev–Trinajstić information content (AvgIpc) is 1.63. The van der Waals surface area contributed by atoms with Crippen molar-refractivity contribution in [2.75, 3.05) is 133 Å². The number of aromatic nitrogens is 5. The van der Waals surface area contributed by atoms with E-state index >= 15 is 0 Å². The number of anilines is 3. The molecule has 3 atom stereocenters. The van der Waals surface area contributed by atoms with Crippen LogP contribution in [-0.2, 0) is 28.5 Å². The molecule has 6 fully saturated rings. The van der Waals surface area contributed by atoms with Gasteiger partial charge in [0.2, 0.25) is 0 Å².